The Morgan fingerprint density at radius 3 is 2.65 bits per heavy atom. The summed E-state index contributed by atoms with van der Waals surface area (Å²) in [7, 11) is -1.89. The number of benzene rings is 1. The van der Waals surface area contributed by atoms with E-state index in [2.05, 4.69) is 4.72 Å². The normalized spacial score (nSPS) is 19.4. The summed E-state index contributed by atoms with van der Waals surface area (Å²) in [4.78, 5) is 0.248. The topological polar surface area (TPSA) is 81.4 Å². The zero-order valence-corrected chi connectivity index (χ0v) is 12.7. The van der Waals surface area contributed by atoms with Crippen LogP contribution in [-0.2, 0) is 14.8 Å². The van der Waals surface area contributed by atoms with Crippen LogP contribution in [0.25, 0.3) is 0 Å². The molecule has 1 aromatic rings. The summed E-state index contributed by atoms with van der Waals surface area (Å²) in [5, 5.41) is 0. The Morgan fingerprint density at radius 2 is 2.15 bits per heavy atom. The van der Waals surface area contributed by atoms with E-state index in [1.54, 1.807) is 25.3 Å². The average Bonchev–Trinajstić information content (AvgIpc) is 2.38. The Kier molecular flexibility index (Phi) is 4.49. The largest absolute Gasteiger partial charge is 0.377 e. The molecule has 0 aliphatic heterocycles. The Hall–Kier alpha value is -0.950. The zero-order chi connectivity index (χ0) is 14.8. The van der Waals surface area contributed by atoms with Gasteiger partial charge in [-0.1, -0.05) is 12.1 Å². The highest BCUT2D eigenvalue weighted by molar-refractivity contribution is 7.89. The highest BCUT2D eigenvalue weighted by Gasteiger charge is 2.38. The quantitative estimate of drug-likeness (QED) is 0.835. The zero-order valence-electron chi connectivity index (χ0n) is 11.9. The van der Waals surface area contributed by atoms with E-state index in [1.807, 2.05) is 13.0 Å². The van der Waals surface area contributed by atoms with Gasteiger partial charge in [-0.2, -0.15) is 0 Å². The molecule has 1 aliphatic rings. The van der Waals surface area contributed by atoms with Gasteiger partial charge in [-0.05, 0) is 43.9 Å². The summed E-state index contributed by atoms with van der Waals surface area (Å²) in [5.74, 6) is 0. The predicted octanol–water partition coefficient (Wildman–Crippen LogP) is 1.55. The molecular weight excluding hydrogens is 276 g/mol. The van der Waals surface area contributed by atoms with Gasteiger partial charge in [0.1, 0.15) is 0 Å². The number of rotatable bonds is 6. The molecule has 0 radical (unpaired) electrons. The molecule has 5 nitrogen and oxygen atoms in total. The summed E-state index contributed by atoms with van der Waals surface area (Å²) in [6.45, 7) is 2.14. The maximum absolute atomic E-state index is 12.3. The maximum Gasteiger partial charge on any atom is 0.240 e. The molecule has 0 heterocycles. The van der Waals surface area contributed by atoms with E-state index in [-0.39, 0.29) is 16.5 Å². The third-order valence-corrected chi connectivity index (χ3v) is 5.38. The Labute approximate surface area is 120 Å². The van der Waals surface area contributed by atoms with Gasteiger partial charge < -0.3 is 10.5 Å². The van der Waals surface area contributed by atoms with E-state index in [0.717, 1.165) is 24.8 Å². The van der Waals surface area contributed by atoms with Gasteiger partial charge in [0.25, 0.3) is 0 Å². The minimum absolute atomic E-state index is 0.193. The average molecular weight is 298 g/mol. The van der Waals surface area contributed by atoms with Crippen molar-refractivity contribution in [3.8, 4) is 0 Å². The van der Waals surface area contributed by atoms with Crippen molar-refractivity contribution in [3.63, 3.8) is 0 Å². The molecule has 1 atom stereocenters. The van der Waals surface area contributed by atoms with Gasteiger partial charge >= 0.3 is 0 Å². The van der Waals surface area contributed by atoms with E-state index in [4.69, 9.17) is 10.5 Å². The molecule has 1 aromatic carbocycles. The summed E-state index contributed by atoms with van der Waals surface area (Å²) >= 11 is 0. The molecule has 0 spiro atoms. The van der Waals surface area contributed by atoms with Crippen molar-refractivity contribution >= 4 is 10.0 Å². The van der Waals surface area contributed by atoms with Crippen LogP contribution in [0.3, 0.4) is 0 Å². The Morgan fingerprint density at radius 1 is 1.45 bits per heavy atom. The van der Waals surface area contributed by atoms with E-state index in [0.29, 0.717) is 6.54 Å². The van der Waals surface area contributed by atoms with Crippen LogP contribution in [0.1, 0.15) is 37.8 Å². The molecule has 6 heteroatoms. The lowest BCUT2D eigenvalue weighted by molar-refractivity contribution is -0.0659. The van der Waals surface area contributed by atoms with Gasteiger partial charge in [0, 0.05) is 19.7 Å². The van der Waals surface area contributed by atoms with Crippen LogP contribution in [-0.4, -0.2) is 27.7 Å². The number of sulfonamides is 1. The minimum atomic E-state index is -3.52. The fourth-order valence-electron chi connectivity index (χ4n) is 2.30. The number of methoxy groups -OCH3 is 1. The van der Waals surface area contributed by atoms with E-state index in [9.17, 15) is 8.42 Å². The summed E-state index contributed by atoms with van der Waals surface area (Å²) in [6.07, 6.45) is 2.87. The second kappa shape index (κ2) is 5.81. The molecule has 1 saturated carbocycles. The smallest absolute Gasteiger partial charge is 0.240 e. The molecule has 20 heavy (non-hydrogen) atoms. The van der Waals surface area contributed by atoms with Crippen LogP contribution in [0.4, 0.5) is 0 Å². The summed E-state index contributed by atoms with van der Waals surface area (Å²) < 4.78 is 32.7. The van der Waals surface area contributed by atoms with Gasteiger partial charge in [0.05, 0.1) is 10.5 Å². The first-order valence-corrected chi connectivity index (χ1v) is 8.27. The molecule has 0 bridgehead atoms. The monoisotopic (exact) mass is 298 g/mol. The molecule has 0 saturated heterocycles. The lowest BCUT2D eigenvalue weighted by Gasteiger charge is -2.40. The first-order valence-electron chi connectivity index (χ1n) is 6.79. The molecular formula is C14H22N2O3S. The number of nitrogens with two attached hydrogens (primary N) is 1. The molecule has 2 rings (SSSR count). The highest BCUT2D eigenvalue weighted by Crippen LogP contribution is 2.34. The molecule has 0 aromatic heterocycles. The third-order valence-electron chi connectivity index (χ3n) is 3.98. The minimum Gasteiger partial charge on any atom is -0.377 e. The van der Waals surface area contributed by atoms with E-state index < -0.39 is 10.0 Å². The van der Waals surface area contributed by atoms with Gasteiger partial charge in [-0.15, -0.1) is 0 Å². The SMILES string of the molecule is COC1(CNS(=O)(=O)c2cccc(C(C)N)c2)CCC1. The van der Waals surface area contributed by atoms with Gasteiger partial charge in [0.2, 0.25) is 10.0 Å². The van der Waals surface area contributed by atoms with Crippen LogP contribution in [0.2, 0.25) is 0 Å². The van der Waals surface area contributed by atoms with E-state index >= 15 is 0 Å². The lowest BCUT2D eigenvalue weighted by atomic mass is 9.80. The summed E-state index contributed by atoms with van der Waals surface area (Å²) in [6, 6.07) is 6.54. The van der Waals surface area contributed by atoms with Gasteiger partial charge in [0.15, 0.2) is 0 Å². The lowest BCUT2D eigenvalue weighted by Crippen LogP contribution is -2.49. The van der Waals surface area contributed by atoms with Gasteiger partial charge in [-0.25, -0.2) is 13.1 Å². The van der Waals surface area contributed by atoms with Crippen LogP contribution in [0, 0.1) is 0 Å². The van der Waals surface area contributed by atoms with Crippen molar-refractivity contribution in [1.82, 2.24) is 4.72 Å². The van der Waals surface area contributed by atoms with Crippen LogP contribution < -0.4 is 10.5 Å². The first kappa shape index (κ1) is 15.4. The van der Waals surface area contributed by atoms with Crippen molar-refractivity contribution in [1.29, 1.82) is 0 Å². The molecule has 1 aliphatic carbocycles. The van der Waals surface area contributed by atoms with Crippen molar-refractivity contribution < 1.29 is 13.2 Å². The first-order chi connectivity index (χ1) is 9.38. The fraction of sp³-hybridized carbons (Fsp3) is 0.571. The number of ether oxygens (including phenoxy) is 1. The van der Waals surface area contributed by atoms with Crippen LogP contribution >= 0.6 is 0 Å². The summed E-state index contributed by atoms with van der Waals surface area (Å²) in [5.41, 5.74) is 6.26. The van der Waals surface area contributed by atoms with Crippen molar-refractivity contribution in [2.24, 2.45) is 5.73 Å². The van der Waals surface area contributed by atoms with Crippen molar-refractivity contribution in [2.45, 2.75) is 42.7 Å². The number of hydrogen-bond donors (Lipinski definition) is 2. The van der Waals surface area contributed by atoms with Crippen molar-refractivity contribution in [2.75, 3.05) is 13.7 Å². The second-order valence-electron chi connectivity index (χ2n) is 5.43. The fourth-order valence-corrected chi connectivity index (χ4v) is 3.47. The molecule has 3 N–H and O–H groups in total. The van der Waals surface area contributed by atoms with Crippen molar-refractivity contribution in [3.05, 3.63) is 29.8 Å². The third kappa shape index (κ3) is 3.20. The predicted molar refractivity (Wildman–Crippen MR) is 77.8 cm³/mol. The standard InChI is InChI=1S/C14H22N2O3S/c1-11(15)12-5-3-6-13(9-12)20(17,18)16-10-14(19-2)7-4-8-14/h3,5-6,9,11,16H,4,7-8,10,15H2,1-2H3. The number of nitrogens with one attached hydrogen (secondary N) is 1. The molecule has 1 fully saturated rings. The Balaban J connectivity index is 2.12. The van der Waals surface area contributed by atoms with E-state index in [1.165, 1.54) is 0 Å². The maximum atomic E-state index is 12.3. The number of hydrogen-bond acceptors (Lipinski definition) is 4. The molecule has 112 valence electrons. The van der Waals surface area contributed by atoms with Gasteiger partial charge in [-0.3, -0.25) is 0 Å². The molecule has 0 amide bonds. The van der Waals surface area contributed by atoms with Crippen LogP contribution in [0.5, 0.6) is 0 Å². The molecule has 1 unspecified atom stereocenters. The van der Waals surface area contributed by atoms with Crippen LogP contribution in [0.15, 0.2) is 29.2 Å². The Bertz CT molecular complexity index is 560. The second-order valence-corrected chi connectivity index (χ2v) is 7.19. The highest BCUT2D eigenvalue weighted by atomic mass is 32.2.